The fourth-order valence-corrected chi connectivity index (χ4v) is 4.30. The van der Waals surface area contributed by atoms with E-state index in [0.717, 1.165) is 32.1 Å². The summed E-state index contributed by atoms with van der Waals surface area (Å²) >= 11 is 0. The zero-order chi connectivity index (χ0) is 26.7. The largest absolute Gasteiger partial charge is 0.444 e. The number of nitrogens with two attached hydrogens (primary N) is 1. The lowest BCUT2D eigenvalue weighted by atomic mass is 9.94. The van der Waals surface area contributed by atoms with Crippen LogP contribution in [0.5, 0.6) is 0 Å². The van der Waals surface area contributed by atoms with Crippen LogP contribution in [-0.2, 0) is 19.1 Å². The normalized spacial score (nSPS) is 15.9. The van der Waals surface area contributed by atoms with Crippen molar-refractivity contribution in [2.45, 2.75) is 89.4 Å². The highest BCUT2D eigenvalue weighted by Crippen LogP contribution is 2.25. The second-order valence-electron chi connectivity index (χ2n) is 10.1. The molecule has 2 atom stereocenters. The molecule has 2 unspecified atom stereocenters. The van der Waals surface area contributed by atoms with Gasteiger partial charge in [0.05, 0.1) is 6.61 Å². The van der Waals surface area contributed by atoms with Gasteiger partial charge in [-0.15, -0.1) is 0 Å². The Morgan fingerprint density at radius 2 is 1.75 bits per heavy atom. The first-order valence-electron chi connectivity index (χ1n) is 12.6. The van der Waals surface area contributed by atoms with Gasteiger partial charge in [0, 0.05) is 19.0 Å². The number of amides is 4. The standard InChI is InChI=1S/C26H40N4O6/c1-26(2,3)36-25(35)29-20(14-15-21(27)32)24(34)30(16-17-31)22(18-10-6-4-7-11-18)23(33)28-19-12-8-5-9-13-19/h4,6-7,10-11,19-20,22,31H,5,8-9,12-17H2,1-3H3,(H2,27,32)(H,28,33)(H,29,35). The van der Waals surface area contributed by atoms with E-state index in [1.807, 2.05) is 0 Å². The van der Waals surface area contributed by atoms with Gasteiger partial charge in [-0.1, -0.05) is 49.6 Å². The molecule has 0 aliphatic heterocycles. The zero-order valence-electron chi connectivity index (χ0n) is 21.5. The van der Waals surface area contributed by atoms with E-state index in [4.69, 9.17) is 10.5 Å². The summed E-state index contributed by atoms with van der Waals surface area (Å²) in [6, 6.07) is 6.59. The molecule has 0 spiro atoms. The SMILES string of the molecule is CC(C)(C)OC(=O)NC(CCC(N)=O)C(=O)N(CCO)C(C(=O)NC1CCCCC1)c1ccccc1. The molecule has 200 valence electrons. The molecular formula is C26H40N4O6. The molecule has 0 heterocycles. The van der Waals surface area contributed by atoms with Gasteiger partial charge < -0.3 is 31.1 Å². The van der Waals surface area contributed by atoms with Gasteiger partial charge in [-0.05, 0) is 45.6 Å². The number of hydrogen-bond acceptors (Lipinski definition) is 6. The van der Waals surface area contributed by atoms with Crippen LogP contribution in [-0.4, -0.2) is 64.7 Å². The first-order chi connectivity index (χ1) is 17.0. The van der Waals surface area contributed by atoms with Crippen LogP contribution in [0.1, 0.15) is 77.3 Å². The Balaban J connectivity index is 2.37. The number of carbonyl (C=O) groups excluding carboxylic acids is 4. The Morgan fingerprint density at radius 1 is 1.11 bits per heavy atom. The predicted molar refractivity (Wildman–Crippen MR) is 135 cm³/mol. The summed E-state index contributed by atoms with van der Waals surface area (Å²) in [5.74, 6) is -1.62. The third-order valence-corrected chi connectivity index (χ3v) is 5.92. The fourth-order valence-electron chi connectivity index (χ4n) is 4.30. The lowest BCUT2D eigenvalue weighted by Gasteiger charge is -2.35. The van der Waals surface area contributed by atoms with Crippen LogP contribution in [0.2, 0.25) is 0 Å². The quantitative estimate of drug-likeness (QED) is 0.362. The minimum Gasteiger partial charge on any atom is -0.444 e. The minimum absolute atomic E-state index is 0.00841. The number of primary amides is 1. The fraction of sp³-hybridized carbons (Fsp3) is 0.615. The van der Waals surface area contributed by atoms with Crippen molar-refractivity contribution in [1.82, 2.24) is 15.5 Å². The van der Waals surface area contributed by atoms with Crippen LogP contribution < -0.4 is 16.4 Å². The first kappa shape index (κ1) is 29.1. The predicted octanol–water partition coefficient (Wildman–Crippen LogP) is 2.16. The Labute approximate surface area is 212 Å². The summed E-state index contributed by atoms with van der Waals surface area (Å²) in [5.41, 5.74) is 5.06. The summed E-state index contributed by atoms with van der Waals surface area (Å²) < 4.78 is 5.29. The van der Waals surface area contributed by atoms with E-state index in [9.17, 15) is 24.3 Å². The van der Waals surface area contributed by atoms with E-state index in [2.05, 4.69) is 10.6 Å². The van der Waals surface area contributed by atoms with Gasteiger partial charge >= 0.3 is 6.09 Å². The number of benzene rings is 1. The highest BCUT2D eigenvalue weighted by Gasteiger charge is 2.36. The number of aliphatic hydroxyl groups excluding tert-OH is 1. The maximum absolute atomic E-state index is 13.8. The van der Waals surface area contributed by atoms with Gasteiger partial charge in [0.1, 0.15) is 17.7 Å². The van der Waals surface area contributed by atoms with Gasteiger partial charge in [0.25, 0.3) is 0 Å². The van der Waals surface area contributed by atoms with Crippen LogP contribution in [0.4, 0.5) is 4.79 Å². The molecular weight excluding hydrogens is 464 g/mol. The molecule has 0 radical (unpaired) electrons. The maximum Gasteiger partial charge on any atom is 0.408 e. The Kier molecular flexibility index (Phi) is 11.2. The highest BCUT2D eigenvalue weighted by atomic mass is 16.6. The molecule has 2 rings (SSSR count). The van der Waals surface area contributed by atoms with E-state index in [-0.39, 0.29) is 31.3 Å². The second kappa shape index (κ2) is 13.8. The summed E-state index contributed by atoms with van der Waals surface area (Å²) in [6.45, 7) is 4.50. The molecule has 36 heavy (non-hydrogen) atoms. The summed E-state index contributed by atoms with van der Waals surface area (Å²) in [5, 5.41) is 15.4. The molecule has 10 heteroatoms. The smallest absolute Gasteiger partial charge is 0.408 e. The Bertz CT molecular complexity index is 880. The number of hydrogen-bond donors (Lipinski definition) is 4. The molecule has 0 saturated heterocycles. The lowest BCUT2D eigenvalue weighted by Crippen LogP contribution is -2.54. The maximum atomic E-state index is 13.8. The molecule has 1 fully saturated rings. The van der Waals surface area contributed by atoms with Crippen LogP contribution >= 0.6 is 0 Å². The van der Waals surface area contributed by atoms with Crippen LogP contribution in [0.15, 0.2) is 30.3 Å². The molecule has 1 aliphatic carbocycles. The molecule has 0 bridgehead atoms. The number of rotatable bonds is 11. The van der Waals surface area contributed by atoms with E-state index < -0.39 is 42.2 Å². The van der Waals surface area contributed by atoms with Gasteiger partial charge in [-0.2, -0.15) is 0 Å². The van der Waals surface area contributed by atoms with Crippen molar-refractivity contribution in [3.63, 3.8) is 0 Å². The number of aliphatic hydroxyl groups is 1. The van der Waals surface area contributed by atoms with E-state index in [1.165, 1.54) is 4.90 Å². The number of nitrogens with zero attached hydrogens (tertiary/aromatic N) is 1. The molecule has 0 aromatic heterocycles. The van der Waals surface area contributed by atoms with Crippen molar-refractivity contribution in [2.24, 2.45) is 5.73 Å². The van der Waals surface area contributed by atoms with E-state index >= 15 is 0 Å². The summed E-state index contributed by atoms with van der Waals surface area (Å²) in [4.78, 5) is 52.5. The third kappa shape index (κ3) is 9.49. The van der Waals surface area contributed by atoms with Gasteiger partial charge in [-0.25, -0.2) is 4.79 Å². The minimum atomic E-state index is -1.19. The van der Waals surface area contributed by atoms with Crippen molar-refractivity contribution in [3.05, 3.63) is 35.9 Å². The summed E-state index contributed by atoms with van der Waals surface area (Å²) in [7, 11) is 0. The monoisotopic (exact) mass is 504 g/mol. The molecule has 1 aromatic carbocycles. The van der Waals surface area contributed by atoms with Crippen LogP contribution in [0, 0.1) is 0 Å². The average Bonchev–Trinajstić information content (AvgIpc) is 2.81. The Hall–Kier alpha value is -3.14. The zero-order valence-corrected chi connectivity index (χ0v) is 21.5. The number of ether oxygens (including phenoxy) is 1. The number of carbonyl (C=O) groups is 4. The van der Waals surface area contributed by atoms with E-state index in [0.29, 0.717) is 5.56 Å². The summed E-state index contributed by atoms with van der Waals surface area (Å²) in [6.07, 6.45) is 3.82. The molecule has 4 amide bonds. The third-order valence-electron chi connectivity index (χ3n) is 5.92. The van der Waals surface area contributed by atoms with Gasteiger partial charge in [-0.3, -0.25) is 14.4 Å². The van der Waals surface area contributed by atoms with Crippen molar-refractivity contribution >= 4 is 23.8 Å². The molecule has 1 aliphatic rings. The molecule has 1 aromatic rings. The second-order valence-corrected chi connectivity index (χ2v) is 10.1. The molecule has 5 N–H and O–H groups in total. The number of nitrogens with one attached hydrogen (secondary N) is 2. The number of alkyl carbamates (subject to hydrolysis) is 1. The van der Waals surface area contributed by atoms with Crippen LogP contribution in [0.3, 0.4) is 0 Å². The highest BCUT2D eigenvalue weighted by molar-refractivity contribution is 5.92. The van der Waals surface area contributed by atoms with Crippen molar-refractivity contribution < 1.29 is 29.0 Å². The van der Waals surface area contributed by atoms with Crippen LogP contribution in [0.25, 0.3) is 0 Å². The Morgan fingerprint density at radius 3 is 2.31 bits per heavy atom. The molecule has 10 nitrogen and oxygen atoms in total. The lowest BCUT2D eigenvalue weighted by molar-refractivity contribution is -0.143. The average molecular weight is 505 g/mol. The molecule has 1 saturated carbocycles. The van der Waals surface area contributed by atoms with Crippen molar-refractivity contribution in [1.29, 1.82) is 0 Å². The first-order valence-corrected chi connectivity index (χ1v) is 12.6. The van der Waals surface area contributed by atoms with Gasteiger partial charge in [0.2, 0.25) is 17.7 Å². The van der Waals surface area contributed by atoms with Gasteiger partial charge in [0.15, 0.2) is 0 Å². The van der Waals surface area contributed by atoms with Crippen molar-refractivity contribution in [2.75, 3.05) is 13.2 Å². The van der Waals surface area contributed by atoms with Crippen molar-refractivity contribution in [3.8, 4) is 0 Å². The topological polar surface area (TPSA) is 151 Å². The van der Waals surface area contributed by atoms with E-state index in [1.54, 1.807) is 51.1 Å².